The SMILES string of the molecule is C#CC1CP(=O)(N(C)C)SC1C#C. The van der Waals surface area contributed by atoms with Gasteiger partial charge in [-0.05, 0) is 14.1 Å². The molecule has 1 aliphatic rings. The van der Waals surface area contributed by atoms with Crippen LogP contribution in [-0.2, 0) is 4.57 Å². The Balaban J connectivity index is 2.88. The molecule has 1 saturated heterocycles. The Labute approximate surface area is 83.6 Å². The number of hydrogen-bond acceptors (Lipinski definition) is 2. The Morgan fingerprint density at radius 3 is 2.38 bits per heavy atom. The summed E-state index contributed by atoms with van der Waals surface area (Å²) < 4.78 is 13.9. The lowest BCUT2D eigenvalue weighted by Crippen LogP contribution is -2.10. The summed E-state index contributed by atoms with van der Waals surface area (Å²) in [7, 11) is 3.61. The van der Waals surface area contributed by atoms with Gasteiger partial charge in [0.05, 0.1) is 11.2 Å². The normalized spacial score (nSPS) is 38.5. The second-order valence-corrected chi connectivity index (χ2v) is 8.64. The molecule has 4 heteroatoms. The minimum Gasteiger partial charge on any atom is -0.295 e. The van der Waals surface area contributed by atoms with Crippen LogP contribution in [0.4, 0.5) is 0 Å². The quantitative estimate of drug-likeness (QED) is 0.489. The molecule has 0 saturated carbocycles. The molecule has 0 amide bonds. The first kappa shape index (κ1) is 10.7. The lowest BCUT2D eigenvalue weighted by Gasteiger charge is -2.17. The van der Waals surface area contributed by atoms with Crippen molar-refractivity contribution in [2.75, 3.05) is 20.3 Å². The maximum Gasteiger partial charge on any atom is 0.205 e. The Morgan fingerprint density at radius 2 is 2.08 bits per heavy atom. The molecule has 3 unspecified atom stereocenters. The van der Waals surface area contributed by atoms with Crippen molar-refractivity contribution >= 4 is 17.9 Å². The number of nitrogens with zero attached hydrogens (tertiary/aromatic N) is 1. The zero-order chi connectivity index (χ0) is 10.1. The third kappa shape index (κ3) is 1.94. The Hall–Kier alpha value is -0.340. The highest BCUT2D eigenvalue weighted by atomic mass is 32.7. The molecule has 13 heavy (non-hydrogen) atoms. The van der Waals surface area contributed by atoms with Gasteiger partial charge in [0.25, 0.3) is 0 Å². The van der Waals surface area contributed by atoms with Gasteiger partial charge in [0.1, 0.15) is 0 Å². The van der Waals surface area contributed by atoms with Crippen LogP contribution in [0, 0.1) is 30.6 Å². The number of hydrogen-bond donors (Lipinski definition) is 0. The van der Waals surface area contributed by atoms with Gasteiger partial charge in [-0.25, -0.2) is 0 Å². The molecule has 3 atom stereocenters. The summed E-state index contributed by atoms with van der Waals surface area (Å²) in [6.45, 7) is -2.32. The van der Waals surface area contributed by atoms with Gasteiger partial charge in [-0.15, -0.1) is 18.8 Å². The van der Waals surface area contributed by atoms with Crippen molar-refractivity contribution in [1.82, 2.24) is 4.67 Å². The first-order chi connectivity index (χ1) is 6.03. The Morgan fingerprint density at radius 1 is 1.46 bits per heavy atom. The standard InChI is InChI=1S/C9H12NOPS/c1-5-8-7-12(11,10(3)4)13-9(8)6-2/h1-2,8-9H,7H2,3-4H3. The van der Waals surface area contributed by atoms with E-state index in [-0.39, 0.29) is 11.2 Å². The Bertz CT molecular complexity index is 299. The van der Waals surface area contributed by atoms with Crippen LogP contribution in [-0.4, -0.2) is 30.2 Å². The van der Waals surface area contributed by atoms with Crippen LogP contribution in [0.1, 0.15) is 0 Å². The molecule has 1 aliphatic heterocycles. The molecule has 2 nitrogen and oxygen atoms in total. The summed E-state index contributed by atoms with van der Waals surface area (Å²) in [6.07, 6.45) is 11.2. The second kappa shape index (κ2) is 3.81. The van der Waals surface area contributed by atoms with E-state index in [0.29, 0.717) is 6.16 Å². The van der Waals surface area contributed by atoms with Gasteiger partial charge < -0.3 is 0 Å². The van der Waals surface area contributed by atoms with Crippen LogP contribution >= 0.6 is 17.9 Å². The van der Waals surface area contributed by atoms with Crippen molar-refractivity contribution in [3.8, 4) is 24.7 Å². The molecule has 1 rings (SSSR count). The van der Waals surface area contributed by atoms with Gasteiger partial charge in [0.15, 0.2) is 0 Å². The molecule has 0 aromatic carbocycles. The van der Waals surface area contributed by atoms with E-state index in [9.17, 15) is 4.57 Å². The summed E-state index contributed by atoms with van der Waals surface area (Å²) in [5.41, 5.74) is 0. The van der Waals surface area contributed by atoms with Crippen molar-refractivity contribution in [2.24, 2.45) is 5.92 Å². The maximum atomic E-state index is 12.1. The van der Waals surface area contributed by atoms with E-state index < -0.39 is 6.49 Å². The van der Waals surface area contributed by atoms with Gasteiger partial charge in [0.2, 0.25) is 6.49 Å². The minimum absolute atomic E-state index is 0.0387. The zero-order valence-corrected chi connectivity index (χ0v) is 9.44. The lowest BCUT2D eigenvalue weighted by molar-refractivity contribution is 0.528. The first-order valence-electron chi connectivity index (χ1n) is 3.91. The molecule has 0 bridgehead atoms. The van der Waals surface area contributed by atoms with Crippen molar-refractivity contribution < 1.29 is 4.57 Å². The Kier molecular flexibility index (Phi) is 3.14. The van der Waals surface area contributed by atoms with Crippen LogP contribution < -0.4 is 0 Å². The van der Waals surface area contributed by atoms with Crippen LogP contribution in [0.3, 0.4) is 0 Å². The first-order valence-corrected chi connectivity index (χ1v) is 7.24. The predicted octanol–water partition coefficient (Wildman–Crippen LogP) is 1.74. The molecule has 0 aromatic heterocycles. The van der Waals surface area contributed by atoms with Crippen LogP contribution in [0.15, 0.2) is 0 Å². The number of terminal acetylenes is 2. The largest absolute Gasteiger partial charge is 0.295 e. The van der Waals surface area contributed by atoms with E-state index in [4.69, 9.17) is 12.8 Å². The fourth-order valence-electron chi connectivity index (χ4n) is 1.18. The molecular formula is C9H12NOPS. The highest BCUT2D eigenvalue weighted by Crippen LogP contribution is 2.68. The molecule has 0 spiro atoms. The number of rotatable bonds is 1. The average molecular weight is 213 g/mol. The molecule has 0 radical (unpaired) electrons. The zero-order valence-electron chi connectivity index (χ0n) is 7.73. The summed E-state index contributed by atoms with van der Waals surface area (Å²) in [4.78, 5) is 0. The average Bonchev–Trinajstić information content (AvgIpc) is 2.43. The van der Waals surface area contributed by atoms with E-state index in [1.807, 2.05) is 0 Å². The summed E-state index contributed by atoms with van der Waals surface area (Å²) in [5.74, 6) is 5.17. The topological polar surface area (TPSA) is 20.3 Å². The van der Waals surface area contributed by atoms with Crippen molar-refractivity contribution in [2.45, 2.75) is 5.25 Å². The highest BCUT2D eigenvalue weighted by Gasteiger charge is 2.42. The lowest BCUT2D eigenvalue weighted by atomic mass is 10.1. The van der Waals surface area contributed by atoms with Crippen molar-refractivity contribution in [3.63, 3.8) is 0 Å². The van der Waals surface area contributed by atoms with Gasteiger partial charge >= 0.3 is 0 Å². The van der Waals surface area contributed by atoms with Crippen molar-refractivity contribution in [1.29, 1.82) is 0 Å². The molecule has 0 aliphatic carbocycles. The summed E-state index contributed by atoms with van der Waals surface area (Å²) in [5, 5.41) is -0.0850. The van der Waals surface area contributed by atoms with E-state index in [0.717, 1.165) is 0 Å². The third-order valence-corrected chi connectivity index (χ3v) is 8.25. The molecule has 70 valence electrons. The second-order valence-electron chi connectivity index (χ2n) is 3.13. The van der Waals surface area contributed by atoms with Crippen LogP contribution in [0.5, 0.6) is 0 Å². The van der Waals surface area contributed by atoms with Gasteiger partial charge in [-0.3, -0.25) is 9.24 Å². The van der Waals surface area contributed by atoms with E-state index in [1.165, 1.54) is 11.4 Å². The van der Waals surface area contributed by atoms with Gasteiger partial charge in [-0.2, -0.15) is 0 Å². The molecule has 1 fully saturated rings. The summed E-state index contributed by atoms with van der Waals surface area (Å²) >= 11 is 1.36. The fourth-order valence-corrected chi connectivity index (χ4v) is 6.47. The molecule has 0 aromatic rings. The minimum atomic E-state index is -2.32. The smallest absolute Gasteiger partial charge is 0.205 e. The monoisotopic (exact) mass is 213 g/mol. The summed E-state index contributed by atoms with van der Waals surface area (Å²) in [6, 6.07) is 0. The highest BCUT2D eigenvalue weighted by molar-refractivity contribution is 8.58. The molecular weight excluding hydrogens is 201 g/mol. The fraction of sp³-hybridized carbons (Fsp3) is 0.556. The van der Waals surface area contributed by atoms with E-state index >= 15 is 0 Å². The van der Waals surface area contributed by atoms with Crippen molar-refractivity contribution in [3.05, 3.63) is 0 Å². The van der Waals surface area contributed by atoms with Gasteiger partial charge in [-0.1, -0.05) is 17.3 Å². The van der Waals surface area contributed by atoms with E-state index in [2.05, 4.69) is 11.8 Å². The van der Waals surface area contributed by atoms with E-state index in [1.54, 1.807) is 18.8 Å². The predicted molar refractivity (Wildman–Crippen MR) is 58.7 cm³/mol. The molecule has 0 N–H and O–H groups in total. The maximum absolute atomic E-state index is 12.1. The van der Waals surface area contributed by atoms with Crippen LogP contribution in [0.25, 0.3) is 0 Å². The van der Waals surface area contributed by atoms with Crippen LogP contribution in [0.2, 0.25) is 0 Å². The van der Waals surface area contributed by atoms with Gasteiger partial charge in [0, 0.05) is 6.16 Å². The molecule has 1 heterocycles. The third-order valence-electron chi connectivity index (χ3n) is 2.06.